The van der Waals surface area contributed by atoms with E-state index in [4.69, 9.17) is 5.84 Å². The van der Waals surface area contributed by atoms with Crippen LogP contribution >= 0.6 is 0 Å². The van der Waals surface area contributed by atoms with Crippen LogP contribution in [0.4, 0.5) is 24.8 Å². The topological polar surface area (TPSA) is 75.9 Å². The fourth-order valence-corrected chi connectivity index (χ4v) is 1.63. The summed E-state index contributed by atoms with van der Waals surface area (Å²) in [6.45, 7) is 6.08. The molecule has 0 saturated carbocycles. The highest BCUT2D eigenvalue weighted by Crippen LogP contribution is 2.28. The number of nitrogens with one attached hydrogen (secondary N) is 2. The number of halogens is 3. The Hall–Kier alpha value is -1.57. The number of anilines is 2. The van der Waals surface area contributed by atoms with Crippen LogP contribution in [0.25, 0.3) is 0 Å². The van der Waals surface area contributed by atoms with Crippen LogP contribution in [0.15, 0.2) is 6.07 Å². The number of nitrogens with zero attached hydrogens (tertiary/aromatic N) is 2. The molecule has 8 heteroatoms. The van der Waals surface area contributed by atoms with Crippen LogP contribution in [0, 0.1) is 5.92 Å². The maximum atomic E-state index is 12.7. The first-order chi connectivity index (χ1) is 9.22. The molecule has 5 nitrogen and oxygen atoms in total. The van der Waals surface area contributed by atoms with Crippen LogP contribution in [-0.4, -0.2) is 16.0 Å². The molecule has 114 valence electrons. The Kier molecular flexibility index (Phi) is 5.55. The molecule has 0 aromatic carbocycles. The molecule has 0 radical (unpaired) electrons. The van der Waals surface area contributed by atoms with E-state index in [2.05, 4.69) is 34.6 Å². The highest BCUT2D eigenvalue weighted by molar-refractivity contribution is 5.47. The molecular formula is C12H20F3N5. The normalized spacial score (nSPS) is 13.4. The number of nitrogens with two attached hydrogens (primary N) is 1. The Labute approximate surface area is 116 Å². The number of rotatable bonds is 6. The summed E-state index contributed by atoms with van der Waals surface area (Å²) < 4.78 is 38.0. The summed E-state index contributed by atoms with van der Waals surface area (Å²) in [7, 11) is 0. The van der Waals surface area contributed by atoms with Gasteiger partial charge < -0.3 is 10.7 Å². The number of alkyl halides is 3. The van der Waals surface area contributed by atoms with Crippen molar-refractivity contribution in [2.45, 2.75) is 45.8 Å². The summed E-state index contributed by atoms with van der Waals surface area (Å²) in [5, 5.41) is 2.94. The summed E-state index contributed by atoms with van der Waals surface area (Å²) in [5.41, 5.74) is 2.11. The van der Waals surface area contributed by atoms with Gasteiger partial charge in [0.2, 0.25) is 5.82 Å². The minimum absolute atomic E-state index is 0.0130. The second kappa shape index (κ2) is 6.74. The average molecular weight is 291 g/mol. The largest absolute Gasteiger partial charge is 0.451 e. The number of hydrogen-bond donors (Lipinski definition) is 3. The Morgan fingerprint density at radius 1 is 1.15 bits per heavy atom. The van der Waals surface area contributed by atoms with Gasteiger partial charge in [0, 0.05) is 12.1 Å². The molecule has 1 aromatic heterocycles. The quantitative estimate of drug-likeness (QED) is 0.555. The molecule has 0 bridgehead atoms. The first-order valence-corrected chi connectivity index (χ1v) is 6.41. The molecule has 4 N–H and O–H groups in total. The minimum Gasteiger partial charge on any atom is -0.367 e. The third-order valence-electron chi connectivity index (χ3n) is 2.70. The van der Waals surface area contributed by atoms with E-state index in [1.54, 1.807) is 0 Å². The van der Waals surface area contributed by atoms with E-state index < -0.39 is 12.0 Å². The number of hydrazine groups is 1. The molecule has 20 heavy (non-hydrogen) atoms. The van der Waals surface area contributed by atoms with Crippen LogP contribution in [0.3, 0.4) is 0 Å². The third kappa shape index (κ3) is 5.20. The highest BCUT2D eigenvalue weighted by Gasteiger charge is 2.35. The molecular weight excluding hydrogens is 271 g/mol. The maximum absolute atomic E-state index is 12.7. The summed E-state index contributed by atoms with van der Waals surface area (Å²) >= 11 is 0. The predicted octanol–water partition coefficient (Wildman–Crippen LogP) is 3.02. The summed E-state index contributed by atoms with van der Waals surface area (Å²) in [4.78, 5) is 6.77. The van der Waals surface area contributed by atoms with Crippen molar-refractivity contribution in [1.82, 2.24) is 9.97 Å². The van der Waals surface area contributed by atoms with Crippen molar-refractivity contribution in [3.63, 3.8) is 0 Å². The second-order valence-electron chi connectivity index (χ2n) is 5.12. The molecule has 1 rings (SSSR count). The van der Waals surface area contributed by atoms with E-state index >= 15 is 0 Å². The van der Waals surface area contributed by atoms with Crippen molar-refractivity contribution < 1.29 is 13.2 Å². The lowest BCUT2D eigenvalue weighted by atomic mass is 10.0. The van der Waals surface area contributed by atoms with E-state index in [-0.39, 0.29) is 17.7 Å². The lowest BCUT2D eigenvalue weighted by Gasteiger charge is -2.17. The van der Waals surface area contributed by atoms with Crippen molar-refractivity contribution in [3.05, 3.63) is 11.9 Å². The van der Waals surface area contributed by atoms with Crippen LogP contribution in [-0.2, 0) is 6.18 Å². The average Bonchev–Trinajstić information content (AvgIpc) is 2.34. The molecule has 1 unspecified atom stereocenters. The molecule has 1 atom stereocenters. The zero-order valence-electron chi connectivity index (χ0n) is 11.8. The van der Waals surface area contributed by atoms with E-state index in [1.165, 1.54) is 6.07 Å². The monoisotopic (exact) mass is 291 g/mol. The van der Waals surface area contributed by atoms with Gasteiger partial charge in [-0.3, -0.25) is 0 Å². The van der Waals surface area contributed by atoms with Crippen molar-refractivity contribution in [2.75, 3.05) is 10.7 Å². The van der Waals surface area contributed by atoms with E-state index in [0.29, 0.717) is 5.92 Å². The van der Waals surface area contributed by atoms with Crippen LogP contribution in [0.5, 0.6) is 0 Å². The van der Waals surface area contributed by atoms with Crippen molar-refractivity contribution in [2.24, 2.45) is 11.8 Å². The van der Waals surface area contributed by atoms with Crippen molar-refractivity contribution >= 4 is 11.6 Å². The Morgan fingerprint density at radius 2 is 1.75 bits per heavy atom. The van der Waals surface area contributed by atoms with Crippen molar-refractivity contribution in [3.8, 4) is 0 Å². The number of nitrogen functional groups attached to an aromatic ring is 1. The van der Waals surface area contributed by atoms with E-state index in [0.717, 1.165) is 12.8 Å². The van der Waals surface area contributed by atoms with Crippen LogP contribution in [0.2, 0.25) is 0 Å². The molecule has 0 aliphatic heterocycles. The van der Waals surface area contributed by atoms with E-state index in [1.807, 2.05) is 6.92 Å². The lowest BCUT2D eigenvalue weighted by molar-refractivity contribution is -0.144. The van der Waals surface area contributed by atoms with Gasteiger partial charge in [0.25, 0.3) is 0 Å². The Balaban J connectivity index is 2.84. The van der Waals surface area contributed by atoms with Gasteiger partial charge in [-0.05, 0) is 25.7 Å². The summed E-state index contributed by atoms with van der Waals surface area (Å²) in [6, 6.07) is 1.36. The standard InChI is InChI=1S/C12H20F3N5/c1-7(2)4-5-8(3)17-9-6-10(20-16)19-11(18-9)12(13,14)15/h6-8H,4-5,16H2,1-3H3,(H2,17,18,19,20). The fourth-order valence-electron chi connectivity index (χ4n) is 1.63. The minimum atomic E-state index is -4.61. The summed E-state index contributed by atoms with van der Waals surface area (Å²) in [6.07, 6.45) is -2.79. The molecule has 0 aliphatic rings. The van der Waals surface area contributed by atoms with Gasteiger partial charge in [0.1, 0.15) is 11.6 Å². The van der Waals surface area contributed by atoms with Crippen LogP contribution < -0.4 is 16.6 Å². The molecule has 0 saturated heterocycles. The maximum Gasteiger partial charge on any atom is 0.451 e. The number of hydrogen-bond acceptors (Lipinski definition) is 5. The van der Waals surface area contributed by atoms with Crippen molar-refractivity contribution in [1.29, 1.82) is 0 Å². The van der Waals surface area contributed by atoms with Gasteiger partial charge in [-0.1, -0.05) is 13.8 Å². The molecule has 1 aromatic rings. The molecule has 0 amide bonds. The van der Waals surface area contributed by atoms with Gasteiger partial charge in [0.15, 0.2) is 0 Å². The third-order valence-corrected chi connectivity index (χ3v) is 2.70. The smallest absolute Gasteiger partial charge is 0.367 e. The SMILES string of the molecule is CC(C)CCC(C)Nc1cc(NN)nc(C(F)(F)F)n1. The first-order valence-electron chi connectivity index (χ1n) is 6.41. The fraction of sp³-hybridized carbons (Fsp3) is 0.667. The van der Waals surface area contributed by atoms with E-state index in [9.17, 15) is 13.2 Å². The zero-order valence-corrected chi connectivity index (χ0v) is 11.8. The molecule has 0 fully saturated rings. The molecule has 0 aliphatic carbocycles. The van der Waals surface area contributed by atoms with Gasteiger partial charge in [0.05, 0.1) is 0 Å². The van der Waals surface area contributed by atoms with Gasteiger partial charge in [-0.15, -0.1) is 0 Å². The highest BCUT2D eigenvalue weighted by atomic mass is 19.4. The summed E-state index contributed by atoms with van der Waals surface area (Å²) in [5.74, 6) is 4.48. The first kappa shape index (κ1) is 16.5. The Morgan fingerprint density at radius 3 is 2.25 bits per heavy atom. The van der Waals surface area contributed by atoms with Gasteiger partial charge >= 0.3 is 6.18 Å². The molecule has 0 spiro atoms. The Bertz CT molecular complexity index is 434. The predicted molar refractivity (Wildman–Crippen MR) is 72.0 cm³/mol. The van der Waals surface area contributed by atoms with Gasteiger partial charge in [-0.25, -0.2) is 15.8 Å². The lowest BCUT2D eigenvalue weighted by Crippen LogP contribution is -2.21. The second-order valence-corrected chi connectivity index (χ2v) is 5.12. The number of aromatic nitrogens is 2. The van der Waals surface area contributed by atoms with Crippen LogP contribution in [0.1, 0.15) is 39.4 Å². The van der Waals surface area contributed by atoms with Gasteiger partial charge in [-0.2, -0.15) is 13.2 Å². The zero-order chi connectivity index (χ0) is 15.3. The molecule has 1 heterocycles.